The summed E-state index contributed by atoms with van der Waals surface area (Å²) in [7, 11) is 0. The van der Waals surface area contributed by atoms with Crippen LogP contribution in [0.4, 0.5) is 0 Å². The summed E-state index contributed by atoms with van der Waals surface area (Å²) in [5, 5.41) is 3.70. The van der Waals surface area contributed by atoms with Crippen LogP contribution in [0.15, 0.2) is 58.8 Å². The highest BCUT2D eigenvalue weighted by Crippen LogP contribution is 2.24. The Bertz CT molecular complexity index is 906. The van der Waals surface area contributed by atoms with Gasteiger partial charge in [-0.2, -0.15) is 0 Å². The zero-order chi connectivity index (χ0) is 19.5. The van der Waals surface area contributed by atoms with Gasteiger partial charge in [-0.1, -0.05) is 43.0 Å². The minimum absolute atomic E-state index is 0.126. The average Bonchev–Trinajstić information content (AvgIpc) is 2.70. The van der Waals surface area contributed by atoms with Gasteiger partial charge < -0.3 is 10.1 Å². The zero-order valence-corrected chi connectivity index (χ0v) is 16.1. The summed E-state index contributed by atoms with van der Waals surface area (Å²) in [6, 6.07) is 7.33. The topological polar surface area (TPSA) is 67.8 Å². The number of ether oxygens (including phenoxy) is 1. The van der Waals surface area contributed by atoms with E-state index >= 15 is 0 Å². The van der Waals surface area contributed by atoms with Crippen LogP contribution in [-0.4, -0.2) is 29.7 Å². The van der Waals surface area contributed by atoms with Gasteiger partial charge in [0.2, 0.25) is 0 Å². The number of amides is 2. The average molecular weight is 397 g/mol. The molecule has 1 aromatic rings. The first-order valence-electron chi connectivity index (χ1n) is 9.56. The number of rotatable bonds is 3. The van der Waals surface area contributed by atoms with Crippen molar-refractivity contribution in [3.63, 3.8) is 0 Å². The van der Waals surface area contributed by atoms with E-state index in [9.17, 15) is 9.59 Å². The highest BCUT2D eigenvalue weighted by molar-refractivity contribution is 6.30. The number of halogens is 1. The van der Waals surface area contributed by atoms with Gasteiger partial charge in [-0.3, -0.25) is 9.59 Å². The van der Waals surface area contributed by atoms with Crippen LogP contribution in [0.25, 0.3) is 6.08 Å². The SMILES string of the molecule is O=C(NC1CCCCC1)C1=CC2=NC(=O)/C(=C/c3ccc(Cl)cc3)OC2C=C1. The van der Waals surface area contributed by atoms with Crippen LogP contribution < -0.4 is 5.32 Å². The summed E-state index contributed by atoms with van der Waals surface area (Å²) in [4.78, 5) is 29.0. The second kappa shape index (κ2) is 8.15. The van der Waals surface area contributed by atoms with Crippen LogP contribution in [0, 0.1) is 0 Å². The molecule has 0 bridgehead atoms. The van der Waals surface area contributed by atoms with Gasteiger partial charge in [0.05, 0.1) is 5.71 Å². The van der Waals surface area contributed by atoms with E-state index in [0.717, 1.165) is 31.2 Å². The fourth-order valence-electron chi connectivity index (χ4n) is 3.60. The first kappa shape index (κ1) is 18.7. The Kier molecular flexibility index (Phi) is 5.44. The Morgan fingerprint density at radius 2 is 1.93 bits per heavy atom. The molecule has 4 rings (SSSR count). The molecule has 0 saturated heterocycles. The molecular weight excluding hydrogens is 376 g/mol. The lowest BCUT2D eigenvalue weighted by Crippen LogP contribution is -2.38. The van der Waals surface area contributed by atoms with E-state index in [0.29, 0.717) is 16.3 Å². The Balaban J connectivity index is 1.48. The van der Waals surface area contributed by atoms with E-state index in [1.165, 1.54) is 6.42 Å². The number of nitrogens with one attached hydrogen (secondary N) is 1. The number of hydrogen-bond donors (Lipinski definition) is 1. The molecule has 1 fully saturated rings. The van der Waals surface area contributed by atoms with E-state index in [1.807, 2.05) is 0 Å². The van der Waals surface area contributed by atoms with E-state index in [1.54, 1.807) is 48.6 Å². The maximum absolute atomic E-state index is 12.5. The fourth-order valence-corrected chi connectivity index (χ4v) is 3.72. The zero-order valence-electron chi connectivity index (χ0n) is 15.4. The summed E-state index contributed by atoms with van der Waals surface area (Å²) < 4.78 is 5.80. The van der Waals surface area contributed by atoms with Crippen LogP contribution in [0.1, 0.15) is 37.7 Å². The van der Waals surface area contributed by atoms with Crippen molar-refractivity contribution in [1.29, 1.82) is 0 Å². The Hall–Kier alpha value is -2.66. The van der Waals surface area contributed by atoms with Gasteiger partial charge in [0.1, 0.15) is 0 Å². The van der Waals surface area contributed by atoms with E-state index in [2.05, 4.69) is 10.3 Å². The molecule has 0 radical (unpaired) electrons. The minimum Gasteiger partial charge on any atom is -0.474 e. The molecule has 1 heterocycles. The number of fused-ring (bicyclic) bond motifs is 1. The molecule has 28 heavy (non-hydrogen) atoms. The third kappa shape index (κ3) is 4.25. The maximum Gasteiger partial charge on any atom is 0.312 e. The monoisotopic (exact) mass is 396 g/mol. The summed E-state index contributed by atoms with van der Waals surface area (Å²) in [5.41, 5.74) is 1.76. The third-order valence-electron chi connectivity index (χ3n) is 5.11. The van der Waals surface area contributed by atoms with Crippen LogP contribution in [0.2, 0.25) is 5.02 Å². The largest absolute Gasteiger partial charge is 0.474 e. The first-order chi connectivity index (χ1) is 13.6. The summed E-state index contributed by atoms with van der Waals surface area (Å²) in [6.45, 7) is 0. The highest BCUT2D eigenvalue weighted by Gasteiger charge is 2.29. The molecule has 1 saturated carbocycles. The van der Waals surface area contributed by atoms with Gasteiger partial charge in [0.15, 0.2) is 11.9 Å². The highest BCUT2D eigenvalue weighted by atomic mass is 35.5. The molecule has 2 aliphatic carbocycles. The van der Waals surface area contributed by atoms with Crippen LogP contribution in [-0.2, 0) is 14.3 Å². The Labute approximate surface area is 168 Å². The number of carbonyl (C=O) groups excluding carboxylic acids is 2. The molecule has 1 aromatic carbocycles. The Morgan fingerprint density at radius 1 is 1.18 bits per heavy atom. The number of benzene rings is 1. The molecule has 144 valence electrons. The van der Waals surface area contributed by atoms with Crippen molar-refractivity contribution in [3.05, 3.63) is 64.4 Å². The van der Waals surface area contributed by atoms with Crippen molar-refractivity contribution >= 4 is 35.2 Å². The van der Waals surface area contributed by atoms with E-state index in [4.69, 9.17) is 16.3 Å². The van der Waals surface area contributed by atoms with Gasteiger partial charge in [-0.25, -0.2) is 4.99 Å². The summed E-state index contributed by atoms with van der Waals surface area (Å²) in [5.74, 6) is -0.414. The molecule has 1 aliphatic heterocycles. The summed E-state index contributed by atoms with van der Waals surface area (Å²) >= 11 is 5.89. The Morgan fingerprint density at radius 3 is 2.68 bits per heavy atom. The molecular formula is C22H21ClN2O3. The molecule has 1 atom stereocenters. The number of nitrogens with zero attached hydrogens (tertiary/aromatic N) is 1. The molecule has 2 amide bonds. The van der Waals surface area contributed by atoms with Crippen molar-refractivity contribution in [2.24, 2.45) is 4.99 Å². The fraction of sp³-hybridized carbons (Fsp3) is 0.318. The maximum atomic E-state index is 12.5. The van der Waals surface area contributed by atoms with Crippen molar-refractivity contribution in [2.45, 2.75) is 44.2 Å². The third-order valence-corrected chi connectivity index (χ3v) is 5.36. The molecule has 0 spiro atoms. The molecule has 6 heteroatoms. The normalized spacial score (nSPS) is 23.5. The second-order valence-electron chi connectivity index (χ2n) is 7.21. The van der Waals surface area contributed by atoms with Crippen molar-refractivity contribution in [3.8, 4) is 0 Å². The number of aliphatic imine (C=N–C) groups is 1. The van der Waals surface area contributed by atoms with Gasteiger partial charge >= 0.3 is 5.91 Å². The number of hydrogen-bond acceptors (Lipinski definition) is 3. The first-order valence-corrected chi connectivity index (χ1v) is 9.94. The van der Waals surface area contributed by atoms with Crippen LogP contribution >= 0.6 is 11.6 Å². The summed E-state index contributed by atoms with van der Waals surface area (Å²) in [6.07, 6.45) is 11.9. The van der Waals surface area contributed by atoms with E-state index < -0.39 is 12.0 Å². The predicted molar refractivity (Wildman–Crippen MR) is 109 cm³/mol. The molecule has 3 aliphatic rings. The van der Waals surface area contributed by atoms with Crippen molar-refractivity contribution in [2.75, 3.05) is 0 Å². The van der Waals surface area contributed by atoms with Crippen LogP contribution in [0.3, 0.4) is 0 Å². The lowest BCUT2D eigenvalue weighted by atomic mass is 9.94. The lowest BCUT2D eigenvalue weighted by Gasteiger charge is -2.26. The lowest BCUT2D eigenvalue weighted by molar-refractivity contribution is -0.119. The molecule has 0 aromatic heterocycles. The van der Waals surface area contributed by atoms with Crippen molar-refractivity contribution < 1.29 is 14.3 Å². The number of carbonyl (C=O) groups is 2. The van der Waals surface area contributed by atoms with E-state index in [-0.39, 0.29) is 17.7 Å². The van der Waals surface area contributed by atoms with Gasteiger partial charge in [0.25, 0.3) is 5.91 Å². The van der Waals surface area contributed by atoms with Crippen molar-refractivity contribution in [1.82, 2.24) is 5.32 Å². The second-order valence-corrected chi connectivity index (χ2v) is 7.64. The molecule has 1 N–H and O–H groups in total. The standard InChI is InChI=1S/C22H21ClN2O3/c23-16-9-6-14(7-10-16)12-20-22(27)25-18-13-15(8-11-19(18)28-20)21(26)24-17-4-2-1-3-5-17/h6-13,17,19H,1-5H2,(H,24,26)/b20-12-. The minimum atomic E-state index is -0.470. The predicted octanol–water partition coefficient (Wildman–Crippen LogP) is 3.99. The molecule has 5 nitrogen and oxygen atoms in total. The van der Waals surface area contributed by atoms with Gasteiger partial charge in [-0.15, -0.1) is 0 Å². The van der Waals surface area contributed by atoms with Gasteiger partial charge in [-0.05, 0) is 54.8 Å². The quantitative estimate of drug-likeness (QED) is 0.785. The molecule has 1 unspecified atom stereocenters. The van der Waals surface area contributed by atoms with Crippen LogP contribution in [0.5, 0.6) is 0 Å². The smallest absolute Gasteiger partial charge is 0.312 e. The van der Waals surface area contributed by atoms with Gasteiger partial charge in [0, 0.05) is 16.6 Å².